The molecule has 5 heteroatoms. The SMILES string of the molecule is C#CCNC(=O)c1ccc2c(c1)C(=O)N(C1CCCCC1)C2=O. The zero-order chi connectivity index (χ0) is 16.4. The highest BCUT2D eigenvalue weighted by molar-refractivity contribution is 6.22. The lowest BCUT2D eigenvalue weighted by Gasteiger charge is -2.29. The quantitative estimate of drug-likeness (QED) is 0.686. The number of rotatable bonds is 3. The van der Waals surface area contributed by atoms with Crippen molar-refractivity contribution in [3.63, 3.8) is 0 Å². The predicted octanol–water partition coefficient (Wildman–Crippen LogP) is 1.98. The second kappa shape index (κ2) is 6.25. The first-order valence-corrected chi connectivity index (χ1v) is 7.87. The first-order chi connectivity index (χ1) is 11.1. The van der Waals surface area contributed by atoms with Crippen LogP contribution >= 0.6 is 0 Å². The number of benzene rings is 1. The topological polar surface area (TPSA) is 66.5 Å². The Hall–Kier alpha value is -2.61. The van der Waals surface area contributed by atoms with E-state index >= 15 is 0 Å². The number of nitrogens with one attached hydrogen (secondary N) is 1. The van der Waals surface area contributed by atoms with Crippen LogP contribution in [0, 0.1) is 12.3 Å². The van der Waals surface area contributed by atoms with Crippen molar-refractivity contribution < 1.29 is 14.4 Å². The van der Waals surface area contributed by atoms with E-state index in [0.717, 1.165) is 32.1 Å². The lowest BCUT2D eigenvalue weighted by molar-refractivity contribution is 0.0549. The number of amides is 3. The van der Waals surface area contributed by atoms with Crippen LogP contribution in [0.25, 0.3) is 0 Å². The van der Waals surface area contributed by atoms with E-state index in [0.29, 0.717) is 16.7 Å². The molecule has 1 aromatic carbocycles. The van der Waals surface area contributed by atoms with Crippen molar-refractivity contribution in [1.29, 1.82) is 0 Å². The number of hydrogen-bond donors (Lipinski definition) is 1. The monoisotopic (exact) mass is 310 g/mol. The third-order valence-corrected chi connectivity index (χ3v) is 4.47. The van der Waals surface area contributed by atoms with E-state index in [1.807, 2.05) is 0 Å². The minimum atomic E-state index is -0.345. The molecule has 1 heterocycles. The molecule has 0 radical (unpaired) electrons. The third kappa shape index (κ3) is 2.72. The summed E-state index contributed by atoms with van der Waals surface area (Å²) in [5, 5.41) is 2.56. The fourth-order valence-electron chi connectivity index (χ4n) is 3.30. The first-order valence-electron chi connectivity index (χ1n) is 7.87. The number of terminal acetylenes is 1. The van der Waals surface area contributed by atoms with Gasteiger partial charge in [-0.1, -0.05) is 25.2 Å². The van der Waals surface area contributed by atoms with Crippen LogP contribution in [-0.4, -0.2) is 35.2 Å². The van der Waals surface area contributed by atoms with Crippen molar-refractivity contribution in [3.8, 4) is 12.3 Å². The van der Waals surface area contributed by atoms with Crippen LogP contribution in [0.3, 0.4) is 0 Å². The van der Waals surface area contributed by atoms with Gasteiger partial charge in [-0.05, 0) is 31.0 Å². The van der Waals surface area contributed by atoms with Gasteiger partial charge in [0.05, 0.1) is 17.7 Å². The first kappa shape index (κ1) is 15.3. The number of nitrogens with zero attached hydrogens (tertiary/aromatic N) is 1. The van der Waals surface area contributed by atoms with Gasteiger partial charge < -0.3 is 5.32 Å². The summed E-state index contributed by atoms with van der Waals surface area (Å²) >= 11 is 0. The van der Waals surface area contributed by atoms with Crippen molar-refractivity contribution in [3.05, 3.63) is 34.9 Å². The van der Waals surface area contributed by atoms with Gasteiger partial charge in [0.15, 0.2) is 0 Å². The van der Waals surface area contributed by atoms with E-state index in [-0.39, 0.29) is 30.3 Å². The average molecular weight is 310 g/mol. The van der Waals surface area contributed by atoms with E-state index in [1.165, 1.54) is 11.0 Å². The Bertz CT molecular complexity index is 711. The Morgan fingerprint density at radius 3 is 2.57 bits per heavy atom. The molecule has 3 amide bonds. The lowest BCUT2D eigenvalue weighted by Crippen LogP contribution is -2.40. The summed E-state index contributed by atoms with van der Waals surface area (Å²) in [6, 6.07) is 4.59. The van der Waals surface area contributed by atoms with Crippen molar-refractivity contribution in [2.24, 2.45) is 0 Å². The maximum atomic E-state index is 12.6. The van der Waals surface area contributed by atoms with Gasteiger partial charge in [-0.15, -0.1) is 6.42 Å². The summed E-state index contributed by atoms with van der Waals surface area (Å²) in [6.07, 6.45) is 10.1. The van der Waals surface area contributed by atoms with Crippen LogP contribution in [0.15, 0.2) is 18.2 Å². The minimum absolute atomic E-state index is 0.0186. The molecule has 23 heavy (non-hydrogen) atoms. The fraction of sp³-hybridized carbons (Fsp3) is 0.389. The Morgan fingerprint density at radius 2 is 1.87 bits per heavy atom. The molecular formula is C18H18N2O3. The van der Waals surface area contributed by atoms with E-state index in [2.05, 4.69) is 11.2 Å². The summed E-state index contributed by atoms with van der Waals surface area (Å²) in [7, 11) is 0. The molecule has 1 aliphatic carbocycles. The van der Waals surface area contributed by atoms with E-state index < -0.39 is 0 Å². The van der Waals surface area contributed by atoms with Gasteiger partial charge in [0.25, 0.3) is 17.7 Å². The molecule has 0 unspecified atom stereocenters. The number of fused-ring (bicyclic) bond motifs is 1. The highest BCUT2D eigenvalue weighted by atomic mass is 16.2. The zero-order valence-electron chi connectivity index (χ0n) is 12.8. The maximum Gasteiger partial charge on any atom is 0.261 e. The molecule has 0 spiro atoms. The molecule has 2 aliphatic rings. The van der Waals surface area contributed by atoms with Crippen molar-refractivity contribution in [1.82, 2.24) is 10.2 Å². The normalized spacial score (nSPS) is 17.8. The average Bonchev–Trinajstić information content (AvgIpc) is 2.84. The second-order valence-electron chi connectivity index (χ2n) is 5.92. The van der Waals surface area contributed by atoms with Gasteiger partial charge in [-0.2, -0.15) is 0 Å². The zero-order valence-corrected chi connectivity index (χ0v) is 12.8. The molecule has 3 rings (SSSR count). The highest BCUT2D eigenvalue weighted by Gasteiger charge is 2.40. The van der Waals surface area contributed by atoms with Gasteiger partial charge in [0.2, 0.25) is 0 Å². The molecule has 0 saturated heterocycles. The van der Waals surface area contributed by atoms with Gasteiger partial charge in [0.1, 0.15) is 0 Å². The lowest BCUT2D eigenvalue weighted by atomic mass is 9.94. The molecule has 1 saturated carbocycles. The molecule has 1 fully saturated rings. The molecule has 0 atom stereocenters. The van der Waals surface area contributed by atoms with Crippen LogP contribution in [-0.2, 0) is 0 Å². The number of hydrogen-bond acceptors (Lipinski definition) is 3. The molecule has 5 nitrogen and oxygen atoms in total. The standard InChI is InChI=1S/C18H18N2O3/c1-2-10-19-16(21)12-8-9-14-15(11-12)18(23)20(17(14)22)13-6-4-3-5-7-13/h1,8-9,11,13H,3-7,10H2,(H,19,21). The van der Waals surface area contributed by atoms with Crippen molar-refractivity contribution in [2.45, 2.75) is 38.1 Å². The molecule has 118 valence electrons. The largest absolute Gasteiger partial charge is 0.341 e. The molecule has 0 aromatic heterocycles. The van der Waals surface area contributed by atoms with Crippen LogP contribution in [0.5, 0.6) is 0 Å². The summed E-state index contributed by atoms with van der Waals surface area (Å²) in [5.41, 5.74) is 1.04. The summed E-state index contributed by atoms with van der Waals surface area (Å²) in [6.45, 7) is 0.122. The number of imide groups is 1. The van der Waals surface area contributed by atoms with Crippen molar-refractivity contribution >= 4 is 17.7 Å². The van der Waals surface area contributed by atoms with Gasteiger partial charge >= 0.3 is 0 Å². The van der Waals surface area contributed by atoms with Gasteiger partial charge in [-0.25, -0.2) is 0 Å². The maximum absolute atomic E-state index is 12.6. The summed E-state index contributed by atoms with van der Waals surface area (Å²) < 4.78 is 0. The Morgan fingerprint density at radius 1 is 1.17 bits per heavy atom. The molecule has 1 N–H and O–H groups in total. The van der Waals surface area contributed by atoms with Crippen LogP contribution in [0.2, 0.25) is 0 Å². The highest BCUT2D eigenvalue weighted by Crippen LogP contribution is 2.31. The Kier molecular flexibility index (Phi) is 4.16. The smallest absolute Gasteiger partial charge is 0.261 e. The second-order valence-corrected chi connectivity index (χ2v) is 5.92. The van der Waals surface area contributed by atoms with Crippen LogP contribution in [0.4, 0.5) is 0 Å². The molecule has 1 aliphatic heterocycles. The summed E-state index contributed by atoms with van der Waals surface area (Å²) in [4.78, 5) is 38.5. The van der Waals surface area contributed by atoms with E-state index in [4.69, 9.17) is 6.42 Å². The fourth-order valence-corrected chi connectivity index (χ4v) is 3.30. The predicted molar refractivity (Wildman–Crippen MR) is 85.0 cm³/mol. The number of carbonyl (C=O) groups is 3. The molecular weight excluding hydrogens is 292 g/mol. The van der Waals surface area contributed by atoms with Crippen molar-refractivity contribution in [2.75, 3.05) is 6.54 Å². The summed E-state index contributed by atoms with van der Waals surface area (Å²) in [5.74, 6) is 1.45. The van der Waals surface area contributed by atoms with E-state index in [1.54, 1.807) is 12.1 Å². The van der Waals surface area contributed by atoms with Crippen LogP contribution < -0.4 is 5.32 Å². The molecule has 0 bridgehead atoms. The number of carbonyl (C=O) groups excluding carboxylic acids is 3. The van der Waals surface area contributed by atoms with E-state index in [9.17, 15) is 14.4 Å². The van der Waals surface area contributed by atoms with Crippen LogP contribution in [0.1, 0.15) is 63.2 Å². The van der Waals surface area contributed by atoms with Gasteiger partial charge in [-0.3, -0.25) is 19.3 Å². The Labute approximate surface area is 135 Å². The minimum Gasteiger partial charge on any atom is -0.341 e. The molecule has 1 aromatic rings. The third-order valence-electron chi connectivity index (χ3n) is 4.47. The Balaban J connectivity index is 1.87. The van der Waals surface area contributed by atoms with Gasteiger partial charge in [0, 0.05) is 11.6 Å².